The van der Waals surface area contributed by atoms with E-state index in [1.807, 2.05) is 34.0 Å². The highest BCUT2D eigenvalue weighted by Gasteiger charge is 2.23. The van der Waals surface area contributed by atoms with Crippen LogP contribution in [0.4, 0.5) is 0 Å². The number of carbonyl (C=O) groups excluding carboxylic acids is 1. The highest BCUT2D eigenvalue weighted by Crippen LogP contribution is 2.50. The van der Waals surface area contributed by atoms with Gasteiger partial charge in [-0.1, -0.05) is 143 Å². The average molecular weight is 925 g/mol. The van der Waals surface area contributed by atoms with Crippen molar-refractivity contribution in [3.63, 3.8) is 0 Å². The lowest BCUT2D eigenvalue weighted by molar-refractivity contribution is 0.0503. The molecule has 8 heteroatoms. The molecule has 0 aliphatic heterocycles. The molecule has 0 saturated heterocycles. The Morgan fingerprint density at radius 1 is 0.460 bits per heavy atom. The maximum atomic E-state index is 13.3. The van der Waals surface area contributed by atoms with Crippen LogP contribution in [-0.4, -0.2) is 25.8 Å². The quantitative estimate of drug-likeness (QED) is 0.0267. The first-order valence-electron chi connectivity index (χ1n) is 24.7. The first-order chi connectivity index (χ1) is 30.9. The van der Waals surface area contributed by atoms with E-state index in [1.165, 1.54) is 160 Å². The van der Waals surface area contributed by atoms with E-state index in [0.717, 1.165) is 64.1 Å². The number of hydrogen-bond acceptors (Lipinski definition) is 8. The average Bonchev–Trinajstić information content (AvgIpc) is 4.07. The number of unbranched alkanes of at least 4 members (excludes halogenated alkanes) is 19. The summed E-state index contributed by atoms with van der Waals surface area (Å²) in [5, 5.41) is 8.21. The summed E-state index contributed by atoms with van der Waals surface area (Å²) < 4.78 is 23.4. The predicted octanol–water partition coefficient (Wildman–Crippen LogP) is 19.5. The maximum absolute atomic E-state index is 13.3. The molecule has 4 nitrogen and oxygen atoms in total. The van der Waals surface area contributed by atoms with Crippen LogP contribution in [0.15, 0.2) is 42.5 Å². The number of carbonyl (C=O) groups is 1. The van der Waals surface area contributed by atoms with Crippen molar-refractivity contribution in [3.8, 4) is 21.3 Å². The van der Waals surface area contributed by atoms with Gasteiger partial charge in [0.25, 0.3) is 0 Å². The van der Waals surface area contributed by atoms with Crippen molar-refractivity contribution >= 4 is 103 Å². The van der Waals surface area contributed by atoms with Gasteiger partial charge in [-0.05, 0) is 86.3 Å². The molecule has 63 heavy (non-hydrogen) atoms. The molecular formula is C55H72O4S4. The molecule has 0 saturated carbocycles. The van der Waals surface area contributed by atoms with E-state index in [1.54, 1.807) is 11.3 Å². The zero-order valence-corrected chi connectivity index (χ0v) is 42.3. The second-order valence-electron chi connectivity index (χ2n) is 17.9. The van der Waals surface area contributed by atoms with Crippen molar-refractivity contribution in [2.24, 2.45) is 0 Å². The monoisotopic (exact) mass is 924 g/mol. The summed E-state index contributed by atoms with van der Waals surface area (Å²) >= 11 is 7.12. The van der Waals surface area contributed by atoms with Crippen LogP contribution >= 0.6 is 45.3 Å². The fourth-order valence-corrected chi connectivity index (χ4v) is 13.5. The van der Waals surface area contributed by atoms with Crippen molar-refractivity contribution in [1.82, 2.24) is 0 Å². The molecule has 0 bridgehead atoms. The van der Waals surface area contributed by atoms with Crippen molar-refractivity contribution in [2.45, 2.75) is 176 Å². The van der Waals surface area contributed by atoms with Gasteiger partial charge in [0.15, 0.2) is 0 Å². The minimum Gasteiger partial charge on any atom is -0.492 e. The second kappa shape index (κ2) is 24.4. The minimum atomic E-state index is -0.186. The minimum absolute atomic E-state index is 0.186. The molecule has 7 aromatic rings. The Kier molecular flexibility index (Phi) is 18.5. The zero-order chi connectivity index (χ0) is 44.0. The van der Waals surface area contributed by atoms with Crippen LogP contribution in [0.5, 0.6) is 11.5 Å². The van der Waals surface area contributed by atoms with Crippen LogP contribution in [0.3, 0.4) is 0 Å². The van der Waals surface area contributed by atoms with Crippen LogP contribution < -0.4 is 9.47 Å². The third-order valence-corrected chi connectivity index (χ3v) is 17.4. The summed E-state index contributed by atoms with van der Waals surface area (Å²) in [6, 6.07) is 16.2. The summed E-state index contributed by atoms with van der Waals surface area (Å²) in [7, 11) is 0. The van der Waals surface area contributed by atoms with Crippen LogP contribution in [0.1, 0.15) is 181 Å². The molecule has 0 aliphatic carbocycles. The van der Waals surface area contributed by atoms with Gasteiger partial charge in [-0.2, -0.15) is 0 Å². The van der Waals surface area contributed by atoms with Gasteiger partial charge in [0.2, 0.25) is 0 Å². The van der Waals surface area contributed by atoms with Gasteiger partial charge >= 0.3 is 5.97 Å². The predicted molar refractivity (Wildman–Crippen MR) is 280 cm³/mol. The number of rotatable bonds is 29. The molecule has 0 spiro atoms. The molecule has 340 valence electrons. The van der Waals surface area contributed by atoms with Gasteiger partial charge in [0, 0.05) is 55.7 Å². The molecule has 0 atom stereocenters. The molecule has 4 heterocycles. The molecule has 0 amide bonds. The fourth-order valence-electron chi connectivity index (χ4n) is 9.07. The summed E-state index contributed by atoms with van der Waals surface area (Å²) in [5.41, 5.74) is 0. The van der Waals surface area contributed by atoms with Gasteiger partial charge in [-0.25, -0.2) is 4.79 Å². The number of ether oxygens (including phenoxy) is 3. The molecule has 0 N–H and O–H groups in total. The fraction of sp³-hybridized carbons (Fsp3) is 0.545. The lowest BCUT2D eigenvalue weighted by Gasteiger charge is -2.19. The zero-order valence-electron chi connectivity index (χ0n) is 39.0. The topological polar surface area (TPSA) is 44.8 Å². The van der Waals surface area contributed by atoms with E-state index in [2.05, 4.69) is 77.1 Å². The number of fused-ring (bicyclic) bond motifs is 5. The SMILES string of the molecule is CCCCCCCCCCCCOC(=O)c1cc2c(-c3cc4cc5c(OCCCCCCCC)c6cc7sc(C)cc7cc6c(OCCCCCCCC)c5cc4s3)sc(C)c2s1. The van der Waals surface area contributed by atoms with Gasteiger partial charge in [-0.15, -0.1) is 45.3 Å². The molecule has 0 unspecified atom stereocenters. The Morgan fingerprint density at radius 2 is 0.921 bits per heavy atom. The number of thiophene rings is 4. The standard InChI is InChI=1S/C55H72O4S4/c1-6-9-12-15-18-19-20-21-24-27-30-59-55(56)50-37-46-53(63-50)39(5)61-54(46)49-34-41-33-43-45(36-48(41)62-49)51(57-28-25-22-16-13-10-7-2)42-32-40-31-38(4)60-47(40)35-44(42)52(43)58-29-26-23-17-14-11-8-3/h31-37H,6-30H2,1-5H3. The normalized spacial score (nSPS) is 12.0. The van der Waals surface area contributed by atoms with Crippen molar-refractivity contribution in [3.05, 3.63) is 57.1 Å². The summed E-state index contributed by atoms with van der Waals surface area (Å²) in [6.07, 6.45) is 27.4. The Hall–Kier alpha value is -3.17. The Bertz CT molecular complexity index is 2420. The lowest BCUT2D eigenvalue weighted by atomic mass is 9.98. The van der Waals surface area contributed by atoms with Crippen LogP contribution in [-0.2, 0) is 4.74 Å². The molecule has 0 aliphatic rings. The van der Waals surface area contributed by atoms with Crippen molar-refractivity contribution < 1.29 is 19.0 Å². The van der Waals surface area contributed by atoms with Gasteiger partial charge in [0.1, 0.15) is 16.4 Å². The molecule has 3 aromatic carbocycles. The third kappa shape index (κ3) is 12.4. The Balaban J connectivity index is 1.16. The smallest absolute Gasteiger partial charge is 0.348 e. The van der Waals surface area contributed by atoms with E-state index in [4.69, 9.17) is 14.2 Å². The second-order valence-corrected chi connectivity index (χ2v) is 22.5. The van der Waals surface area contributed by atoms with Gasteiger partial charge in [0.05, 0.1) is 24.7 Å². The molecule has 0 fully saturated rings. The first-order valence-corrected chi connectivity index (χ1v) is 28.0. The van der Waals surface area contributed by atoms with E-state index >= 15 is 0 Å². The highest BCUT2D eigenvalue weighted by atomic mass is 32.1. The summed E-state index contributed by atoms with van der Waals surface area (Å²) in [5.74, 6) is 1.78. The molecule has 7 rings (SSSR count). The van der Waals surface area contributed by atoms with E-state index < -0.39 is 0 Å². The van der Waals surface area contributed by atoms with E-state index in [0.29, 0.717) is 24.7 Å². The number of benzene rings is 3. The van der Waals surface area contributed by atoms with Gasteiger partial charge < -0.3 is 14.2 Å². The van der Waals surface area contributed by atoms with Crippen LogP contribution in [0.2, 0.25) is 0 Å². The number of esters is 1. The van der Waals surface area contributed by atoms with Crippen molar-refractivity contribution in [2.75, 3.05) is 19.8 Å². The van der Waals surface area contributed by atoms with Crippen LogP contribution in [0.25, 0.3) is 61.6 Å². The maximum Gasteiger partial charge on any atom is 0.348 e. The van der Waals surface area contributed by atoms with E-state index in [-0.39, 0.29) is 5.97 Å². The highest BCUT2D eigenvalue weighted by molar-refractivity contribution is 7.30. The lowest BCUT2D eigenvalue weighted by Crippen LogP contribution is -2.04. The number of aryl methyl sites for hydroxylation is 2. The number of hydrogen-bond donors (Lipinski definition) is 0. The van der Waals surface area contributed by atoms with Crippen molar-refractivity contribution in [1.29, 1.82) is 0 Å². The summed E-state index contributed by atoms with van der Waals surface area (Å²) in [4.78, 5) is 19.1. The largest absolute Gasteiger partial charge is 0.492 e. The molecule has 4 aromatic heterocycles. The molecular weight excluding hydrogens is 853 g/mol. The van der Waals surface area contributed by atoms with E-state index in [9.17, 15) is 4.79 Å². The third-order valence-electron chi connectivity index (χ3n) is 12.6. The Morgan fingerprint density at radius 3 is 1.46 bits per heavy atom. The molecule has 0 radical (unpaired) electrons. The van der Waals surface area contributed by atoms with Gasteiger partial charge in [-0.3, -0.25) is 0 Å². The first kappa shape index (κ1) is 47.8. The Labute approximate surface area is 393 Å². The van der Waals surface area contributed by atoms with Crippen LogP contribution in [0, 0.1) is 13.8 Å². The summed E-state index contributed by atoms with van der Waals surface area (Å²) in [6.45, 7) is 13.1.